The lowest BCUT2D eigenvalue weighted by Gasteiger charge is -2.28. The van der Waals surface area contributed by atoms with Gasteiger partial charge >= 0.3 is 0 Å². The Labute approximate surface area is 84.7 Å². The number of nitrogens with two attached hydrogens (primary N) is 1. The number of hydrogen-bond donors (Lipinski definition) is 2. The zero-order valence-corrected chi connectivity index (χ0v) is 9.34. The van der Waals surface area contributed by atoms with Gasteiger partial charge in [-0.1, -0.05) is 0 Å². The predicted octanol–water partition coefficient (Wildman–Crippen LogP) is -0.570. The fourth-order valence-electron chi connectivity index (χ4n) is 1.63. The van der Waals surface area contributed by atoms with Gasteiger partial charge in [0.05, 0.1) is 17.5 Å². The molecule has 1 saturated heterocycles. The van der Waals surface area contributed by atoms with Crippen LogP contribution in [0.25, 0.3) is 0 Å². The molecule has 1 rings (SSSR count). The lowest BCUT2D eigenvalue weighted by Crippen LogP contribution is -2.46. The van der Waals surface area contributed by atoms with Gasteiger partial charge in [-0.2, -0.15) is 0 Å². The molecule has 0 saturated carbocycles. The number of sulfone groups is 1. The first-order chi connectivity index (χ1) is 6.33. The smallest absolute Gasteiger partial charge is 0.151 e. The highest BCUT2D eigenvalue weighted by atomic mass is 32.2. The van der Waals surface area contributed by atoms with Crippen molar-refractivity contribution in [1.82, 2.24) is 4.90 Å². The van der Waals surface area contributed by atoms with Crippen molar-refractivity contribution in [2.75, 3.05) is 18.6 Å². The molecule has 1 aliphatic rings. The highest BCUT2D eigenvalue weighted by molar-refractivity contribution is 7.91. The van der Waals surface area contributed by atoms with Crippen LogP contribution in [-0.2, 0) is 9.84 Å². The molecule has 5 nitrogen and oxygen atoms in total. The van der Waals surface area contributed by atoms with E-state index >= 15 is 0 Å². The molecule has 0 aromatic rings. The van der Waals surface area contributed by atoms with E-state index in [0.717, 1.165) is 0 Å². The van der Waals surface area contributed by atoms with E-state index in [1.165, 1.54) is 0 Å². The highest BCUT2D eigenvalue weighted by Gasteiger charge is 2.32. The third-order valence-corrected chi connectivity index (χ3v) is 4.60. The topological polar surface area (TPSA) is 87.2 Å². The van der Waals surface area contributed by atoms with Gasteiger partial charge in [-0.05, 0) is 20.4 Å². The van der Waals surface area contributed by atoms with Gasteiger partial charge in [0.1, 0.15) is 5.84 Å². The third-order valence-electron chi connectivity index (χ3n) is 2.85. The normalized spacial score (nSPS) is 27.8. The summed E-state index contributed by atoms with van der Waals surface area (Å²) in [5.74, 6) is 0.533. The molecule has 1 heterocycles. The molecule has 14 heavy (non-hydrogen) atoms. The summed E-state index contributed by atoms with van der Waals surface area (Å²) < 4.78 is 22.5. The average Bonchev–Trinajstić information content (AvgIpc) is 2.43. The molecule has 6 heteroatoms. The van der Waals surface area contributed by atoms with E-state index in [9.17, 15) is 8.42 Å². The number of amidine groups is 1. The molecule has 0 aromatic heterocycles. The summed E-state index contributed by atoms with van der Waals surface area (Å²) >= 11 is 0. The summed E-state index contributed by atoms with van der Waals surface area (Å²) in [7, 11) is -1.04. The fraction of sp³-hybridized carbons (Fsp3) is 0.875. The van der Waals surface area contributed by atoms with Gasteiger partial charge in [0.15, 0.2) is 9.84 Å². The van der Waals surface area contributed by atoms with Gasteiger partial charge in [0.25, 0.3) is 0 Å². The molecule has 3 N–H and O–H groups in total. The first kappa shape index (κ1) is 11.5. The Morgan fingerprint density at radius 2 is 2.21 bits per heavy atom. The summed E-state index contributed by atoms with van der Waals surface area (Å²) in [5.41, 5.74) is 5.36. The van der Waals surface area contributed by atoms with Crippen molar-refractivity contribution in [1.29, 1.82) is 5.41 Å². The Morgan fingerprint density at radius 1 is 1.64 bits per heavy atom. The number of likely N-dealkylation sites (N-methyl/N-ethyl adjacent to an activating group) is 1. The fourth-order valence-corrected chi connectivity index (χ4v) is 3.42. The van der Waals surface area contributed by atoms with Gasteiger partial charge in [-0.3, -0.25) is 10.3 Å². The summed E-state index contributed by atoms with van der Waals surface area (Å²) in [4.78, 5) is 1.87. The maximum absolute atomic E-state index is 11.2. The first-order valence-corrected chi connectivity index (χ1v) is 6.42. The number of nitrogens with one attached hydrogen (secondary N) is 1. The van der Waals surface area contributed by atoms with Crippen molar-refractivity contribution in [3.8, 4) is 0 Å². The Hall–Kier alpha value is -0.620. The van der Waals surface area contributed by atoms with E-state index in [1.807, 2.05) is 18.9 Å². The van der Waals surface area contributed by atoms with E-state index in [1.54, 1.807) is 0 Å². The Kier molecular flexibility index (Phi) is 3.16. The van der Waals surface area contributed by atoms with E-state index in [-0.39, 0.29) is 29.4 Å². The minimum Gasteiger partial charge on any atom is -0.386 e. The molecule has 0 aromatic carbocycles. The predicted molar refractivity (Wildman–Crippen MR) is 56.2 cm³/mol. The summed E-state index contributed by atoms with van der Waals surface area (Å²) in [6.45, 7) is 1.81. The van der Waals surface area contributed by atoms with Gasteiger partial charge in [-0.15, -0.1) is 0 Å². The Bertz CT molecular complexity index is 325. The SMILES string of the molecule is CC(C(=N)N)N(C)C1CCS(=O)(=O)C1. The summed E-state index contributed by atoms with van der Waals surface area (Å²) in [6.07, 6.45) is 0.649. The number of nitrogens with zero attached hydrogens (tertiary/aromatic N) is 1. The molecule has 82 valence electrons. The van der Waals surface area contributed by atoms with E-state index in [0.29, 0.717) is 6.42 Å². The summed E-state index contributed by atoms with van der Waals surface area (Å²) in [6, 6.07) is -0.174. The van der Waals surface area contributed by atoms with E-state index in [2.05, 4.69) is 0 Å². The zero-order valence-electron chi connectivity index (χ0n) is 8.53. The lowest BCUT2D eigenvalue weighted by atomic mass is 10.2. The quantitative estimate of drug-likeness (QED) is 0.491. The molecule has 0 radical (unpaired) electrons. The Balaban J connectivity index is 2.64. The maximum atomic E-state index is 11.2. The van der Waals surface area contributed by atoms with Gasteiger partial charge in [-0.25, -0.2) is 8.42 Å². The minimum atomic E-state index is -2.85. The minimum absolute atomic E-state index is 0.0129. The largest absolute Gasteiger partial charge is 0.386 e. The molecule has 0 amide bonds. The van der Waals surface area contributed by atoms with Gasteiger partial charge in [0.2, 0.25) is 0 Å². The molecule has 0 aliphatic carbocycles. The van der Waals surface area contributed by atoms with Crippen molar-refractivity contribution in [3.63, 3.8) is 0 Å². The third kappa shape index (κ3) is 2.45. The van der Waals surface area contributed by atoms with Crippen molar-refractivity contribution < 1.29 is 8.42 Å². The monoisotopic (exact) mass is 219 g/mol. The molecule has 2 unspecified atom stereocenters. The number of rotatable bonds is 3. The summed E-state index contributed by atoms with van der Waals surface area (Å²) in [5, 5.41) is 7.28. The van der Waals surface area contributed by atoms with Crippen LogP contribution in [0.5, 0.6) is 0 Å². The molecule has 1 fully saturated rings. The van der Waals surface area contributed by atoms with E-state index in [4.69, 9.17) is 11.1 Å². The van der Waals surface area contributed by atoms with Gasteiger partial charge in [0, 0.05) is 6.04 Å². The van der Waals surface area contributed by atoms with Crippen LogP contribution in [0.1, 0.15) is 13.3 Å². The Morgan fingerprint density at radius 3 is 2.57 bits per heavy atom. The number of hydrogen-bond acceptors (Lipinski definition) is 4. The van der Waals surface area contributed by atoms with Crippen molar-refractivity contribution in [2.24, 2.45) is 5.73 Å². The zero-order chi connectivity index (χ0) is 10.9. The standard InChI is InChI=1S/C8H17N3O2S/c1-6(8(9)10)11(2)7-3-4-14(12,13)5-7/h6-7H,3-5H2,1-2H3,(H3,9,10). The van der Waals surface area contributed by atoms with Crippen LogP contribution in [0.2, 0.25) is 0 Å². The van der Waals surface area contributed by atoms with Gasteiger partial charge < -0.3 is 5.73 Å². The van der Waals surface area contributed by atoms with Crippen LogP contribution in [-0.4, -0.2) is 49.8 Å². The van der Waals surface area contributed by atoms with Crippen LogP contribution >= 0.6 is 0 Å². The van der Waals surface area contributed by atoms with Crippen LogP contribution in [0.4, 0.5) is 0 Å². The second kappa shape index (κ2) is 3.86. The van der Waals surface area contributed by atoms with Crippen LogP contribution < -0.4 is 5.73 Å². The average molecular weight is 219 g/mol. The van der Waals surface area contributed by atoms with Crippen LogP contribution in [0.15, 0.2) is 0 Å². The maximum Gasteiger partial charge on any atom is 0.151 e. The molecule has 0 spiro atoms. The van der Waals surface area contributed by atoms with Crippen LogP contribution in [0.3, 0.4) is 0 Å². The second-order valence-electron chi connectivity index (χ2n) is 3.85. The van der Waals surface area contributed by atoms with E-state index < -0.39 is 9.84 Å². The molecule has 2 atom stereocenters. The second-order valence-corrected chi connectivity index (χ2v) is 6.08. The molecular formula is C8H17N3O2S. The van der Waals surface area contributed by atoms with Crippen molar-refractivity contribution in [2.45, 2.75) is 25.4 Å². The molecule has 0 bridgehead atoms. The molecule has 1 aliphatic heterocycles. The van der Waals surface area contributed by atoms with Crippen molar-refractivity contribution in [3.05, 3.63) is 0 Å². The first-order valence-electron chi connectivity index (χ1n) is 4.60. The lowest BCUT2D eigenvalue weighted by molar-refractivity contribution is 0.240. The van der Waals surface area contributed by atoms with Crippen molar-refractivity contribution >= 4 is 15.7 Å². The highest BCUT2D eigenvalue weighted by Crippen LogP contribution is 2.18. The molecular weight excluding hydrogens is 202 g/mol. The van der Waals surface area contributed by atoms with Crippen LogP contribution in [0, 0.1) is 5.41 Å².